The molecule has 0 fully saturated rings. The number of hydrogen-bond donors (Lipinski definition) is 0. The van der Waals surface area contributed by atoms with Gasteiger partial charge in [0.15, 0.2) is 4.34 Å². The van der Waals surface area contributed by atoms with Crippen LogP contribution in [0.4, 0.5) is 0 Å². The molecule has 0 atom stereocenters. The summed E-state index contributed by atoms with van der Waals surface area (Å²) in [4.78, 5) is 17.0. The highest BCUT2D eigenvalue weighted by Gasteiger charge is 2.05. The molecule has 0 aliphatic rings. The average molecular weight is 306 g/mol. The second-order valence-electron chi connectivity index (χ2n) is 3.84. The van der Waals surface area contributed by atoms with Crippen molar-refractivity contribution in [3.05, 3.63) is 63.9 Å². The number of nitrogens with zero attached hydrogens (tertiary/aromatic N) is 1. The monoisotopic (exact) mass is 305 g/mol. The van der Waals surface area contributed by atoms with Crippen LogP contribution in [-0.4, -0.2) is 4.98 Å². The van der Waals surface area contributed by atoms with Crippen LogP contribution < -0.4 is 5.56 Å². The molecule has 0 saturated carbocycles. The van der Waals surface area contributed by atoms with Crippen molar-refractivity contribution in [3.8, 4) is 0 Å². The van der Waals surface area contributed by atoms with Crippen LogP contribution in [0, 0.1) is 0 Å². The van der Waals surface area contributed by atoms with E-state index in [0.717, 1.165) is 13.9 Å². The zero-order valence-corrected chi connectivity index (χ0v) is 12.1. The summed E-state index contributed by atoms with van der Waals surface area (Å²) in [6.45, 7) is 0. The molecule has 19 heavy (non-hydrogen) atoms. The lowest BCUT2D eigenvalue weighted by Gasteiger charge is -2.01. The molecule has 2 aromatic carbocycles. The van der Waals surface area contributed by atoms with Crippen molar-refractivity contribution < 1.29 is 0 Å². The van der Waals surface area contributed by atoms with Gasteiger partial charge in [0.1, 0.15) is 0 Å². The predicted octanol–water partition coefficient (Wildman–Crippen LogP) is 4.46. The summed E-state index contributed by atoms with van der Waals surface area (Å²) in [6, 6.07) is 15.0. The van der Waals surface area contributed by atoms with Gasteiger partial charge in [-0.1, -0.05) is 35.5 Å². The van der Waals surface area contributed by atoms with E-state index < -0.39 is 0 Å². The van der Waals surface area contributed by atoms with Crippen LogP contribution in [0.1, 0.15) is 0 Å². The zero-order valence-electron chi connectivity index (χ0n) is 9.67. The van der Waals surface area contributed by atoms with Crippen molar-refractivity contribution >= 4 is 44.8 Å². The quantitative estimate of drug-likeness (QED) is 0.700. The summed E-state index contributed by atoms with van der Waals surface area (Å²) < 4.78 is 1.70. The van der Waals surface area contributed by atoms with Gasteiger partial charge < -0.3 is 0 Å². The summed E-state index contributed by atoms with van der Waals surface area (Å²) in [5.74, 6) is 0. The number of aromatic nitrogens is 1. The molecule has 0 N–H and O–H groups in total. The van der Waals surface area contributed by atoms with Gasteiger partial charge in [-0.3, -0.25) is 4.79 Å². The Morgan fingerprint density at radius 3 is 2.58 bits per heavy atom. The van der Waals surface area contributed by atoms with E-state index in [4.69, 9.17) is 11.6 Å². The van der Waals surface area contributed by atoms with E-state index in [1.165, 1.54) is 23.1 Å². The van der Waals surface area contributed by atoms with Crippen molar-refractivity contribution in [1.29, 1.82) is 0 Å². The molecule has 0 aliphatic heterocycles. The fourth-order valence-electron chi connectivity index (χ4n) is 1.64. The highest BCUT2D eigenvalue weighted by atomic mass is 35.5. The Labute approximate surface area is 123 Å². The third-order valence-corrected chi connectivity index (χ3v) is 4.89. The van der Waals surface area contributed by atoms with Crippen LogP contribution in [0.2, 0.25) is 5.02 Å². The summed E-state index contributed by atoms with van der Waals surface area (Å²) in [6.07, 6.45) is 0. The van der Waals surface area contributed by atoms with Gasteiger partial charge in [-0.2, -0.15) is 4.98 Å². The van der Waals surface area contributed by atoms with E-state index >= 15 is 0 Å². The lowest BCUT2D eigenvalue weighted by Crippen LogP contribution is -2.05. The zero-order chi connectivity index (χ0) is 13.2. The molecule has 2 nitrogen and oxygen atoms in total. The molecule has 3 rings (SSSR count). The van der Waals surface area contributed by atoms with Gasteiger partial charge in [0.05, 0.1) is 5.39 Å². The third-order valence-electron chi connectivity index (χ3n) is 2.53. The number of benzene rings is 2. The smallest absolute Gasteiger partial charge is 0.267 e. The van der Waals surface area contributed by atoms with E-state index in [1.807, 2.05) is 42.5 Å². The fourth-order valence-corrected chi connectivity index (χ4v) is 3.82. The number of fused-ring (bicyclic) bond motifs is 1. The van der Waals surface area contributed by atoms with Gasteiger partial charge in [-0.05, 0) is 36.4 Å². The van der Waals surface area contributed by atoms with Crippen molar-refractivity contribution in [3.63, 3.8) is 0 Å². The highest BCUT2D eigenvalue weighted by Crippen LogP contribution is 2.31. The Kier molecular flexibility index (Phi) is 3.55. The van der Waals surface area contributed by atoms with Crippen molar-refractivity contribution in [2.75, 3.05) is 0 Å². The van der Waals surface area contributed by atoms with Gasteiger partial charge >= 0.3 is 0 Å². The Bertz CT molecular complexity index is 783. The molecule has 0 aliphatic carbocycles. The van der Waals surface area contributed by atoms with E-state index in [0.29, 0.717) is 10.4 Å². The van der Waals surface area contributed by atoms with Crippen molar-refractivity contribution in [2.45, 2.75) is 9.24 Å². The average Bonchev–Trinajstić information content (AvgIpc) is 2.42. The maximum absolute atomic E-state index is 11.9. The minimum atomic E-state index is -0.175. The van der Waals surface area contributed by atoms with Gasteiger partial charge in [0.25, 0.3) is 5.56 Å². The molecular weight excluding hydrogens is 298 g/mol. The Morgan fingerprint density at radius 1 is 1.05 bits per heavy atom. The third kappa shape index (κ3) is 2.81. The molecule has 94 valence electrons. The van der Waals surface area contributed by atoms with Crippen LogP contribution in [0.25, 0.3) is 10.1 Å². The topological polar surface area (TPSA) is 30.0 Å². The molecular formula is C14H8ClNOS2. The number of rotatable bonds is 2. The summed E-state index contributed by atoms with van der Waals surface area (Å²) in [5.41, 5.74) is -0.175. The maximum Gasteiger partial charge on any atom is 0.280 e. The molecule has 0 bridgehead atoms. The first-order valence-corrected chi connectivity index (χ1v) is 7.57. The molecule has 0 amide bonds. The Balaban J connectivity index is 2.01. The van der Waals surface area contributed by atoms with E-state index in [-0.39, 0.29) is 5.56 Å². The number of halogens is 1. The fraction of sp³-hybridized carbons (Fsp3) is 0. The van der Waals surface area contributed by atoms with Crippen LogP contribution in [0.5, 0.6) is 0 Å². The Hall–Kier alpha value is -1.36. The molecule has 0 radical (unpaired) electrons. The van der Waals surface area contributed by atoms with E-state index in [2.05, 4.69) is 4.98 Å². The molecule has 0 saturated heterocycles. The van der Waals surface area contributed by atoms with Crippen LogP contribution in [-0.2, 0) is 0 Å². The number of hydrogen-bond acceptors (Lipinski definition) is 4. The van der Waals surface area contributed by atoms with E-state index in [9.17, 15) is 4.79 Å². The largest absolute Gasteiger partial charge is 0.280 e. The van der Waals surface area contributed by atoms with Gasteiger partial charge in [-0.15, -0.1) is 11.3 Å². The first kappa shape index (κ1) is 12.7. The summed E-state index contributed by atoms with van der Waals surface area (Å²) in [5, 5.41) is 1.37. The van der Waals surface area contributed by atoms with E-state index in [1.54, 1.807) is 6.07 Å². The minimum Gasteiger partial charge on any atom is -0.267 e. The van der Waals surface area contributed by atoms with Gasteiger partial charge in [0, 0.05) is 14.6 Å². The maximum atomic E-state index is 11.9. The van der Waals surface area contributed by atoms with Gasteiger partial charge in [-0.25, -0.2) is 0 Å². The van der Waals surface area contributed by atoms with Crippen LogP contribution >= 0.6 is 34.7 Å². The summed E-state index contributed by atoms with van der Waals surface area (Å²) in [7, 11) is 0. The first-order valence-electron chi connectivity index (χ1n) is 5.56. The molecule has 1 heterocycles. The summed E-state index contributed by atoms with van der Waals surface area (Å²) >= 11 is 8.84. The first-order chi connectivity index (χ1) is 9.22. The molecule has 0 unspecified atom stereocenters. The molecule has 1 aromatic heterocycles. The van der Waals surface area contributed by atoms with Crippen LogP contribution in [0.15, 0.2) is 62.6 Å². The van der Waals surface area contributed by atoms with Crippen LogP contribution in [0.3, 0.4) is 0 Å². The molecule has 3 aromatic rings. The lowest BCUT2D eigenvalue weighted by molar-refractivity contribution is 1.17. The SMILES string of the molecule is O=c1nc(Sc2ccc(Cl)cc2)sc2ccccc12. The second kappa shape index (κ2) is 5.33. The predicted molar refractivity (Wildman–Crippen MR) is 81.5 cm³/mol. The molecule has 5 heteroatoms. The van der Waals surface area contributed by atoms with Crippen molar-refractivity contribution in [2.24, 2.45) is 0 Å². The molecule has 0 spiro atoms. The van der Waals surface area contributed by atoms with Crippen molar-refractivity contribution in [1.82, 2.24) is 4.98 Å². The highest BCUT2D eigenvalue weighted by molar-refractivity contribution is 8.01. The Morgan fingerprint density at radius 2 is 1.79 bits per heavy atom. The second-order valence-corrected chi connectivity index (χ2v) is 6.62. The normalized spacial score (nSPS) is 10.8. The minimum absolute atomic E-state index is 0.175. The standard InChI is InChI=1S/C14H8ClNOS2/c15-9-5-7-10(8-6-9)18-14-16-13(17)11-3-1-2-4-12(11)19-14/h1-8H. The lowest BCUT2D eigenvalue weighted by atomic mass is 10.3. The van der Waals surface area contributed by atoms with Gasteiger partial charge in [0.2, 0.25) is 0 Å².